The predicted octanol–water partition coefficient (Wildman–Crippen LogP) is 1.90. The monoisotopic (exact) mass is 260 g/mol. The summed E-state index contributed by atoms with van der Waals surface area (Å²) in [6.07, 6.45) is 0. The van der Waals surface area contributed by atoms with Gasteiger partial charge in [0, 0.05) is 18.7 Å². The number of likely N-dealkylation sites (N-methyl/N-ethyl adjacent to an activating group) is 1. The molecule has 0 bridgehead atoms. The molecule has 0 spiro atoms. The summed E-state index contributed by atoms with van der Waals surface area (Å²) in [7, 11) is 0. The molecule has 0 unspecified atom stereocenters. The average Bonchev–Trinajstić information content (AvgIpc) is 2.22. The van der Waals surface area contributed by atoms with Gasteiger partial charge in [-0.25, -0.2) is 4.39 Å². The second-order valence-electron chi connectivity index (χ2n) is 3.63. The molecule has 0 aliphatic carbocycles. The molecule has 0 saturated heterocycles. The van der Waals surface area contributed by atoms with Gasteiger partial charge in [-0.15, -0.1) is 12.4 Å². The molecule has 0 aromatic heterocycles. The van der Waals surface area contributed by atoms with Crippen LogP contribution >= 0.6 is 12.4 Å². The molecule has 1 aromatic carbocycles. The van der Waals surface area contributed by atoms with Gasteiger partial charge in [0.2, 0.25) is 0 Å². The zero-order valence-electron chi connectivity index (χ0n) is 10.0. The fourth-order valence-electron chi connectivity index (χ4n) is 1.41. The van der Waals surface area contributed by atoms with Gasteiger partial charge in [-0.05, 0) is 37.2 Å². The molecule has 1 amide bonds. The lowest BCUT2D eigenvalue weighted by Gasteiger charge is -2.06. The van der Waals surface area contributed by atoms with Crippen molar-refractivity contribution in [2.24, 2.45) is 0 Å². The summed E-state index contributed by atoms with van der Waals surface area (Å²) < 4.78 is 13.0. The van der Waals surface area contributed by atoms with Gasteiger partial charge in [0.15, 0.2) is 0 Å². The molecule has 0 aliphatic rings. The Balaban J connectivity index is 0.00000256. The fourth-order valence-corrected chi connectivity index (χ4v) is 1.41. The smallest absolute Gasteiger partial charge is 0.251 e. The van der Waals surface area contributed by atoms with E-state index in [-0.39, 0.29) is 24.1 Å². The van der Waals surface area contributed by atoms with E-state index in [4.69, 9.17) is 0 Å². The number of rotatable bonds is 5. The highest BCUT2D eigenvalue weighted by Crippen LogP contribution is 2.07. The Morgan fingerprint density at radius 2 is 2.00 bits per heavy atom. The molecule has 0 atom stereocenters. The van der Waals surface area contributed by atoms with Gasteiger partial charge in [0.1, 0.15) is 5.82 Å². The number of amides is 1. The van der Waals surface area contributed by atoms with Gasteiger partial charge >= 0.3 is 0 Å². The summed E-state index contributed by atoms with van der Waals surface area (Å²) >= 11 is 0. The van der Waals surface area contributed by atoms with Gasteiger partial charge in [0.25, 0.3) is 5.91 Å². The number of benzene rings is 1. The topological polar surface area (TPSA) is 41.1 Å². The van der Waals surface area contributed by atoms with Crippen molar-refractivity contribution >= 4 is 18.3 Å². The molecule has 96 valence electrons. The summed E-state index contributed by atoms with van der Waals surface area (Å²) in [6.45, 7) is 5.89. The predicted molar refractivity (Wildman–Crippen MR) is 69.3 cm³/mol. The van der Waals surface area contributed by atoms with Crippen LogP contribution in [0.1, 0.15) is 22.8 Å². The first-order valence-electron chi connectivity index (χ1n) is 5.39. The van der Waals surface area contributed by atoms with E-state index < -0.39 is 0 Å². The van der Waals surface area contributed by atoms with Crippen molar-refractivity contribution < 1.29 is 9.18 Å². The highest BCUT2D eigenvalue weighted by molar-refractivity contribution is 5.94. The number of aryl methyl sites for hydroxylation is 1. The van der Waals surface area contributed by atoms with E-state index in [1.165, 1.54) is 12.1 Å². The van der Waals surface area contributed by atoms with Gasteiger partial charge < -0.3 is 10.6 Å². The first kappa shape index (κ1) is 15.9. The van der Waals surface area contributed by atoms with E-state index in [0.717, 1.165) is 18.7 Å². The first-order chi connectivity index (χ1) is 7.63. The van der Waals surface area contributed by atoms with Gasteiger partial charge in [-0.3, -0.25) is 4.79 Å². The minimum absolute atomic E-state index is 0. The Bertz CT molecular complexity index is 351. The van der Waals surface area contributed by atoms with Crippen molar-refractivity contribution in [3.05, 3.63) is 35.1 Å². The summed E-state index contributed by atoms with van der Waals surface area (Å²) in [5, 5.41) is 5.81. The van der Waals surface area contributed by atoms with Crippen molar-refractivity contribution in [2.45, 2.75) is 13.8 Å². The van der Waals surface area contributed by atoms with E-state index >= 15 is 0 Å². The molecule has 5 heteroatoms. The lowest BCUT2D eigenvalue weighted by molar-refractivity contribution is 0.0953. The lowest BCUT2D eigenvalue weighted by Crippen LogP contribution is -2.31. The van der Waals surface area contributed by atoms with E-state index in [9.17, 15) is 9.18 Å². The maximum Gasteiger partial charge on any atom is 0.251 e. The number of nitrogens with one attached hydrogen (secondary N) is 2. The van der Waals surface area contributed by atoms with Crippen LogP contribution in [0, 0.1) is 12.7 Å². The maximum atomic E-state index is 13.0. The van der Waals surface area contributed by atoms with Crippen LogP contribution in [-0.4, -0.2) is 25.5 Å². The molecular formula is C12H18ClFN2O. The third-order valence-electron chi connectivity index (χ3n) is 2.14. The molecule has 0 fully saturated rings. The highest BCUT2D eigenvalue weighted by atomic mass is 35.5. The van der Waals surface area contributed by atoms with Crippen molar-refractivity contribution in [3.8, 4) is 0 Å². The fraction of sp³-hybridized carbons (Fsp3) is 0.417. The molecular weight excluding hydrogens is 243 g/mol. The zero-order chi connectivity index (χ0) is 12.0. The third kappa shape index (κ3) is 5.65. The molecule has 0 heterocycles. The van der Waals surface area contributed by atoms with Crippen molar-refractivity contribution in [3.63, 3.8) is 0 Å². The maximum absolute atomic E-state index is 13.0. The van der Waals surface area contributed by atoms with Gasteiger partial charge in [-0.1, -0.05) is 6.92 Å². The average molecular weight is 261 g/mol. The second-order valence-corrected chi connectivity index (χ2v) is 3.63. The number of halogens is 2. The molecule has 0 aliphatic heterocycles. The van der Waals surface area contributed by atoms with E-state index in [2.05, 4.69) is 10.6 Å². The standard InChI is InChI=1S/C12H17FN2O.ClH/c1-3-14-4-5-15-12(16)10-6-9(2)7-11(13)8-10;/h6-8,14H,3-5H2,1-2H3,(H,15,16);1H. The summed E-state index contributed by atoms with van der Waals surface area (Å²) in [5.41, 5.74) is 1.12. The number of hydrogen-bond donors (Lipinski definition) is 2. The Labute approximate surface area is 107 Å². The summed E-state index contributed by atoms with van der Waals surface area (Å²) in [4.78, 5) is 11.6. The van der Waals surface area contributed by atoms with Crippen LogP contribution in [0.2, 0.25) is 0 Å². The molecule has 0 saturated carbocycles. The number of hydrogen-bond acceptors (Lipinski definition) is 2. The molecule has 3 nitrogen and oxygen atoms in total. The molecule has 1 rings (SSSR count). The number of carbonyl (C=O) groups excluding carboxylic acids is 1. The highest BCUT2D eigenvalue weighted by Gasteiger charge is 2.06. The molecule has 1 aromatic rings. The Hall–Kier alpha value is -1.13. The van der Waals surface area contributed by atoms with E-state index in [1.54, 1.807) is 13.0 Å². The Morgan fingerprint density at radius 1 is 1.29 bits per heavy atom. The van der Waals surface area contributed by atoms with Crippen LogP contribution in [0.3, 0.4) is 0 Å². The van der Waals surface area contributed by atoms with Crippen molar-refractivity contribution in [2.75, 3.05) is 19.6 Å². The SMILES string of the molecule is CCNCCNC(=O)c1cc(C)cc(F)c1.Cl. The summed E-state index contributed by atoms with van der Waals surface area (Å²) in [5.74, 6) is -0.614. The summed E-state index contributed by atoms with van der Waals surface area (Å²) in [6, 6.07) is 4.32. The van der Waals surface area contributed by atoms with Crippen LogP contribution in [0.4, 0.5) is 4.39 Å². The first-order valence-corrected chi connectivity index (χ1v) is 5.39. The van der Waals surface area contributed by atoms with Crippen molar-refractivity contribution in [1.82, 2.24) is 10.6 Å². The zero-order valence-corrected chi connectivity index (χ0v) is 10.9. The minimum Gasteiger partial charge on any atom is -0.351 e. The third-order valence-corrected chi connectivity index (χ3v) is 2.14. The lowest BCUT2D eigenvalue weighted by atomic mass is 10.1. The quantitative estimate of drug-likeness (QED) is 0.794. The van der Waals surface area contributed by atoms with E-state index in [1.807, 2.05) is 6.92 Å². The van der Waals surface area contributed by atoms with E-state index in [0.29, 0.717) is 12.1 Å². The van der Waals surface area contributed by atoms with Gasteiger partial charge in [0.05, 0.1) is 0 Å². The largest absolute Gasteiger partial charge is 0.351 e. The molecule has 2 N–H and O–H groups in total. The van der Waals surface area contributed by atoms with Crippen LogP contribution in [0.15, 0.2) is 18.2 Å². The Kier molecular flexibility index (Phi) is 7.50. The minimum atomic E-state index is -0.378. The molecule has 17 heavy (non-hydrogen) atoms. The second kappa shape index (κ2) is 8.03. The van der Waals surface area contributed by atoms with Crippen LogP contribution in [0.5, 0.6) is 0 Å². The van der Waals surface area contributed by atoms with Crippen LogP contribution in [-0.2, 0) is 0 Å². The van der Waals surface area contributed by atoms with Gasteiger partial charge in [-0.2, -0.15) is 0 Å². The molecule has 0 radical (unpaired) electrons. The van der Waals surface area contributed by atoms with Crippen LogP contribution < -0.4 is 10.6 Å². The van der Waals surface area contributed by atoms with Crippen molar-refractivity contribution in [1.29, 1.82) is 0 Å². The Morgan fingerprint density at radius 3 is 2.59 bits per heavy atom. The normalized spacial score (nSPS) is 9.59. The number of carbonyl (C=O) groups is 1. The van der Waals surface area contributed by atoms with Crippen LogP contribution in [0.25, 0.3) is 0 Å².